The largest absolute Gasteiger partial charge is 0.504 e. The van der Waals surface area contributed by atoms with Crippen LogP contribution in [0.3, 0.4) is 0 Å². The highest BCUT2D eigenvalue weighted by atomic mass is 16.5. The van der Waals surface area contributed by atoms with E-state index >= 15 is 0 Å². The number of phenols is 2. The predicted molar refractivity (Wildman–Crippen MR) is 129 cm³/mol. The zero-order valence-electron chi connectivity index (χ0n) is 19.6. The van der Waals surface area contributed by atoms with E-state index in [1.165, 1.54) is 18.2 Å². The number of para-hydroxylation sites is 1. The Kier molecular flexibility index (Phi) is 5.40. The first-order valence-corrected chi connectivity index (χ1v) is 11.2. The van der Waals surface area contributed by atoms with Gasteiger partial charge >= 0.3 is 0 Å². The Bertz CT molecular complexity index is 1340. The van der Waals surface area contributed by atoms with E-state index in [4.69, 9.17) is 9.47 Å². The molecule has 8 nitrogen and oxygen atoms in total. The van der Waals surface area contributed by atoms with E-state index in [1.54, 1.807) is 32.4 Å². The lowest BCUT2D eigenvalue weighted by atomic mass is 9.70. The van der Waals surface area contributed by atoms with Crippen molar-refractivity contribution in [1.29, 1.82) is 0 Å². The van der Waals surface area contributed by atoms with Crippen LogP contribution in [0.1, 0.15) is 27.4 Å². The molecule has 5 rings (SSSR count). The van der Waals surface area contributed by atoms with Crippen molar-refractivity contribution < 1.29 is 29.3 Å². The molecule has 0 bridgehead atoms. The van der Waals surface area contributed by atoms with E-state index in [2.05, 4.69) is 5.32 Å². The zero-order chi connectivity index (χ0) is 24.9. The third-order valence-corrected chi connectivity index (χ3v) is 7.24. The number of likely N-dealkylation sites (tertiary alicyclic amines) is 1. The van der Waals surface area contributed by atoms with Crippen molar-refractivity contribution in [3.8, 4) is 23.0 Å². The summed E-state index contributed by atoms with van der Waals surface area (Å²) in [7, 11) is 4.96. The molecule has 1 fully saturated rings. The second kappa shape index (κ2) is 8.32. The van der Waals surface area contributed by atoms with Gasteiger partial charge in [-0.25, -0.2) is 0 Å². The number of benzene rings is 3. The molecule has 2 aliphatic heterocycles. The van der Waals surface area contributed by atoms with Gasteiger partial charge in [-0.15, -0.1) is 0 Å². The average molecular weight is 475 g/mol. The third-order valence-electron chi connectivity index (χ3n) is 7.24. The molecule has 0 aromatic heterocycles. The molecule has 0 radical (unpaired) electrons. The van der Waals surface area contributed by atoms with Crippen LogP contribution < -0.4 is 14.8 Å². The van der Waals surface area contributed by atoms with Gasteiger partial charge in [0.2, 0.25) is 5.91 Å². The van der Waals surface area contributed by atoms with E-state index in [0.717, 1.165) is 5.56 Å². The molecule has 2 heterocycles. The standard InChI is InChI=1S/C27H26N2O6/c1-29-14-18(17-6-4-5-7-23(17)35-3)24(25(32)15-8-11-21(30)22(31)12-15)27(29)19-13-16(34-2)9-10-20(19)28-26(27)33/h4-13,18,24,30-31H,14H2,1-3H3,(H,28,33)/t18-,24-,27?/m1/s1. The van der Waals surface area contributed by atoms with Crippen LogP contribution in [0.15, 0.2) is 60.7 Å². The number of nitrogens with zero attached hydrogens (tertiary/aromatic N) is 1. The molecule has 3 aromatic rings. The van der Waals surface area contributed by atoms with Gasteiger partial charge in [-0.1, -0.05) is 18.2 Å². The fourth-order valence-electron chi connectivity index (χ4n) is 5.65. The molecule has 1 spiro atoms. The van der Waals surface area contributed by atoms with Crippen LogP contribution in [0.25, 0.3) is 0 Å². The summed E-state index contributed by atoms with van der Waals surface area (Å²) in [6.07, 6.45) is 0. The lowest BCUT2D eigenvalue weighted by Gasteiger charge is -2.35. The van der Waals surface area contributed by atoms with E-state index in [-0.39, 0.29) is 23.0 Å². The number of carbonyl (C=O) groups excluding carboxylic acids is 2. The first-order valence-electron chi connectivity index (χ1n) is 11.2. The predicted octanol–water partition coefficient (Wildman–Crippen LogP) is 3.49. The van der Waals surface area contributed by atoms with Crippen molar-refractivity contribution in [1.82, 2.24) is 4.90 Å². The summed E-state index contributed by atoms with van der Waals surface area (Å²) in [5.41, 5.74) is 0.964. The number of fused-ring (bicyclic) bond motifs is 2. The molecule has 3 N–H and O–H groups in total. The number of hydrogen-bond acceptors (Lipinski definition) is 7. The lowest BCUT2D eigenvalue weighted by molar-refractivity contribution is -0.126. The first-order chi connectivity index (χ1) is 16.8. The Morgan fingerprint density at radius 1 is 1.03 bits per heavy atom. The molecule has 180 valence electrons. The lowest BCUT2D eigenvalue weighted by Crippen LogP contribution is -2.51. The van der Waals surface area contributed by atoms with Gasteiger partial charge in [0.25, 0.3) is 0 Å². The molecule has 35 heavy (non-hydrogen) atoms. The quantitative estimate of drug-likeness (QED) is 0.384. The number of anilines is 1. The number of carbonyl (C=O) groups is 2. The second-order valence-electron chi connectivity index (χ2n) is 8.91. The number of rotatable bonds is 5. The van der Waals surface area contributed by atoms with E-state index in [9.17, 15) is 19.8 Å². The number of ether oxygens (including phenoxy) is 2. The van der Waals surface area contributed by atoms with E-state index < -0.39 is 23.1 Å². The van der Waals surface area contributed by atoms with E-state index in [1.807, 2.05) is 36.2 Å². The second-order valence-corrected chi connectivity index (χ2v) is 8.91. The number of Topliss-reactive ketones (excluding diaryl/α,β-unsaturated/α-hetero) is 1. The van der Waals surface area contributed by atoms with Gasteiger partial charge in [-0.3, -0.25) is 14.5 Å². The number of aromatic hydroxyl groups is 2. The Hall–Kier alpha value is -4.04. The maximum Gasteiger partial charge on any atom is 0.250 e. The highest BCUT2D eigenvalue weighted by Gasteiger charge is 2.64. The fraction of sp³-hybridized carbons (Fsp3) is 0.259. The number of likely N-dealkylation sites (N-methyl/N-ethyl adjacent to an activating group) is 1. The SMILES string of the molecule is COc1ccc2c(c1)C1(C(=O)N2)[C@@H](C(=O)c2ccc(O)c(O)c2)[C@@H](c2ccccc2OC)CN1C. The van der Waals surface area contributed by atoms with Crippen molar-refractivity contribution in [2.24, 2.45) is 5.92 Å². The molecule has 3 atom stereocenters. The topological polar surface area (TPSA) is 108 Å². The Morgan fingerprint density at radius 2 is 1.80 bits per heavy atom. The van der Waals surface area contributed by atoms with Crippen LogP contribution in [0, 0.1) is 5.92 Å². The van der Waals surface area contributed by atoms with Gasteiger partial charge in [0.1, 0.15) is 17.0 Å². The Balaban J connectivity index is 1.76. The minimum atomic E-state index is -1.32. The molecule has 1 unspecified atom stereocenters. The highest BCUT2D eigenvalue weighted by Crippen LogP contribution is 2.57. The van der Waals surface area contributed by atoms with Gasteiger partial charge in [-0.05, 0) is 55.1 Å². The van der Waals surface area contributed by atoms with Crippen molar-refractivity contribution in [3.05, 3.63) is 77.4 Å². The highest BCUT2D eigenvalue weighted by molar-refractivity contribution is 6.12. The number of hydrogen-bond donors (Lipinski definition) is 3. The maximum absolute atomic E-state index is 14.2. The van der Waals surface area contributed by atoms with Crippen LogP contribution >= 0.6 is 0 Å². The number of nitrogens with one attached hydrogen (secondary N) is 1. The fourth-order valence-corrected chi connectivity index (χ4v) is 5.65. The molecule has 2 aliphatic rings. The third kappa shape index (κ3) is 3.24. The van der Waals surface area contributed by atoms with Crippen LogP contribution in [-0.2, 0) is 10.3 Å². The van der Waals surface area contributed by atoms with Crippen LogP contribution in [0.2, 0.25) is 0 Å². The van der Waals surface area contributed by atoms with Gasteiger partial charge < -0.3 is 25.0 Å². The van der Waals surface area contributed by atoms with Crippen LogP contribution in [0.4, 0.5) is 5.69 Å². The summed E-state index contributed by atoms with van der Waals surface area (Å²) in [5.74, 6) is -1.42. The summed E-state index contributed by atoms with van der Waals surface area (Å²) in [6.45, 7) is 0.408. The molecule has 1 saturated heterocycles. The summed E-state index contributed by atoms with van der Waals surface area (Å²) < 4.78 is 11.1. The summed E-state index contributed by atoms with van der Waals surface area (Å²) in [4.78, 5) is 29.9. The zero-order valence-corrected chi connectivity index (χ0v) is 19.6. The van der Waals surface area contributed by atoms with Crippen molar-refractivity contribution in [2.45, 2.75) is 11.5 Å². The van der Waals surface area contributed by atoms with Crippen molar-refractivity contribution >= 4 is 17.4 Å². The number of phenolic OH excluding ortho intramolecular Hbond substituents is 2. The summed E-state index contributed by atoms with van der Waals surface area (Å²) in [6, 6.07) is 16.8. The molecule has 8 heteroatoms. The monoisotopic (exact) mass is 474 g/mol. The smallest absolute Gasteiger partial charge is 0.250 e. The van der Waals surface area contributed by atoms with Crippen LogP contribution in [0.5, 0.6) is 23.0 Å². The average Bonchev–Trinajstić information content (AvgIpc) is 3.34. The molecule has 0 saturated carbocycles. The van der Waals surface area contributed by atoms with E-state index in [0.29, 0.717) is 29.3 Å². The van der Waals surface area contributed by atoms with Crippen molar-refractivity contribution in [2.75, 3.05) is 33.1 Å². The molecular weight excluding hydrogens is 448 g/mol. The minimum Gasteiger partial charge on any atom is -0.504 e. The minimum absolute atomic E-state index is 0.198. The first kappa shape index (κ1) is 22.7. The summed E-state index contributed by atoms with van der Waals surface area (Å²) in [5, 5.41) is 22.9. The number of methoxy groups -OCH3 is 2. The number of amides is 1. The number of ketones is 1. The van der Waals surface area contributed by atoms with Gasteiger partial charge in [0.05, 0.1) is 20.1 Å². The Labute approximate surface area is 202 Å². The van der Waals surface area contributed by atoms with Gasteiger partial charge in [0.15, 0.2) is 17.3 Å². The molecule has 0 aliphatic carbocycles. The normalized spacial score (nSPS) is 23.2. The Morgan fingerprint density at radius 3 is 2.51 bits per heavy atom. The van der Waals surface area contributed by atoms with Gasteiger partial charge in [-0.2, -0.15) is 0 Å². The van der Waals surface area contributed by atoms with Gasteiger partial charge in [0, 0.05) is 29.3 Å². The molecule has 1 amide bonds. The molecule has 3 aromatic carbocycles. The van der Waals surface area contributed by atoms with Crippen LogP contribution in [-0.4, -0.2) is 54.6 Å². The molecular formula is C27H26N2O6. The maximum atomic E-state index is 14.2. The van der Waals surface area contributed by atoms with Crippen molar-refractivity contribution in [3.63, 3.8) is 0 Å². The summed E-state index contributed by atoms with van der Waals surface area (Å²) >= 11 is 0.